The molecule has 2 heterocycles. The second-order valence-corrected chi connectivity index (χ2v) is 7.78. The Bertz CT molecular complexity index is 1050. The van der Waals surface area contributed by atoms with E-state index in [2.05, 4.69) is 5.10 Å². The number of carbonyl (C=O) groups excluding carboxylic acids is 2. The van der Waals surface area contributed by atoms with Crippen molar-refractivity contribution in [2.45, 2.75) is 19.4 Å². The van der Waals surface area contributed by atoms with Gasteiger partial charge in [0.2, 0.25) is 12.7 Å². The first kappa shape index (κ1) is 22.6. The molecule has 9 heteroatoms. The lowest BCUT2D eigenvalue weighted by atomic mass is 9.98. The second-order valence-electron chi connectivity index (χ2n) is 7.78. The Labute approximate surface area is 192 Å². The molecule has 0 spiro atoms. The Morgan fingerprint density at radius 1 is 1.12 bits per heavy atom. The molecule has 2 aliphatic heterocycles. The molecule has 0 saturated carbocycles. The van der Waals surface area contributed by atoms with Gasteiger partial charge in [0.15, 0.2) is 11.5 Å². The third-order valence-corrected chi connectivity index (χ3v) is 5.71. The molecule has 2 aromatic carbocycles. The van der Waals surface area contributed by atoms with Crippen molar-refractivity contribution in [1.82, 2.24) is 9.91 Å². The molecule has 33 heavy (non-hydrogen) atoms. The van der Waals surface area contributed by atoms with Crippen LogP contribution in [0, 0.1) is 0 Å². The van der Waals surface area contributed by atoms with Gasteiger partial charge in [-0.2, -0.15) is 5.10 Å². The van der Waals surface area contributed by atoms with Gasteiger partial charge in [-0.25, -0.2) is 5.01 Å². The average Bonchev–Trinajstić information content (AvgIpc) is 3.48. The van der Waals surface area contributed by atoms with Crippen molar-refractivity contribution >= 4 is 17.5 Å². The van der Waals surface area contributed by atoms with Crippen molar-refractivity contribution in [1.29, 1.82) is 0 Å². The summed E-state index contributed by atoms with van der Waals surface area (Å²) in [5.41, 5.74) is 2.56. The van der Waals surface area contributed by atoms with Crippen LogP contribution >= 0.6 is 0 Å². The van der Waals surface area contributed by atoms with E-state index in [-0.39, 0.29) is 31.2 Å². The van der Waals surface area contributed by atoms with Crippen molar-refractivity contribution in [3.63, 3.8) is 0 Å². The van der Waals surface area contributed by atoms with Crippen molar-refractivity contribution < 1.29 is 28.5 Å². The van der Waals surface area contributed by atoms with Crippen LogP contribution in [0.4, 0.5) is 0 Å². The number of rotatable bonds is 8. The van der Waals surface area contributed by atoms with Crippen LogP contribution in [0.1, 0.15) is 30.5 Å². The zero-order valence-corrected chi connectivity index (χ0v) is 18.9. The maximum absolute atomic E-state index is 13.3. The first-order chi connectivity index (χ1) is 16.0. The van der Waals surface area contributed by atoms with Gasteiger partial charge in [-0.3, -0.25) is 9.59 Å². The van der Waals surface area contributed by atoms with Crippen molar-refractivity contribution in [2.24, 2.45) is 5.10 Å². The van der Waals surface area contributed by atoms with Crippen LogP contribution in [0.15, 0.2) is 47.6 Å². The van der Waals surface area contributed by atoms with Crippen molar-refractivity contribution in [2.75, 3.05) is 40.7 Å². The van der Waals surface area contributed by atoms with E-state index in [0.717, 1.165) is 22.6 Å². The number of hydrogen-bond donors (Lipinski definition) is 0. The summed E-state index contributed by atoms with van der Waals surface area (Å²) in [5.74, 6) is 1.59. The SMILES string of the molecule is COCCN(CC(=O)N1N=C(c2ccc(OC)cc2)C[C@H]1c1ccc2c(c1)OCO2)C(C)=O. The van der Waals surface area contributed by atoms with E-state index < -0.39 is 0 Å². The van der Waals surface area contributed by atoms with Crippen molar-refractivity contribution in [3.8, 4) is 17.2 Å². The minimum Gasteiger partial charge on any atom is -0.497 e. The fourth-order valence-corrected chi connectivity index (χ4v) is 3.86. The number of carbonyl (C=O) groups is 2. The standard InChI is InChI=1S/C24H27N3O6/c1-16(28)26(10-11-30-2)14-24(29)27-21(18-6-9-22-23(12-18)33-15-32-22)13-20(25-27)17-4-7-19(31-3)8-5-17/h4-9,12,21H,10-11,13-15H2,1-3H3/t21-/m0/s1. The molecule has 4 rings (SSSR count). The van der Waals surface area contributed by atoms with Crippen LogP contribution < -0.4 is 14.2 Å². The summed E-state index contributed by atoms with van der Waals surface area (Å²) in [6, 6.07) is 12.9. The number of hydrazone groups is 1. The minimum absolute atomic E-state index is 0.0842. The molecule has 0 bridgehead atoms. The molecule has 0 fully saturated rings. The lowest BCUT2D eigenvalue weighted by molar-refractivity contribution is -0.141. The monoisotopic (exact) mass is 453 g/mol. The quantitative estimate of drug-likeness (QED) is 0.610. The molecular formula is C24H27N3O6. The molecular weight excluding hydrogens is 426 g/mol. The molecule has 2 aliphatic rings. The van der Waals surface area contributed by atoms with Gasteiger partial charge in [0.25, 0.3) is 5.91 Å². The number of nitrogens with zero attached hydrogens (tertiary/aromatic N) is 3. The zero-order valence-electron chi connectivity index (χ0n) is 18.9. The van der Waals surface area contributed by atoms with Crippen LogP contribution in [0.25, 0.3) is 0 Å². The van der Waals surface area contributed by atoms with Gasteiger partial charge in [-0.15, -0.1) is 0 Å². The van der Waals surface area contributed by atoms with Crippen LogP contribution in [-0.2, 0) is 14.3 Å². The van der Waals surface area contributed by atoms with Gasteiger partial charge < -0.3 is 23.8 Å². The van der Waals surface area contributed by atoms with Gasteiger partial charge >= 0.3 is 0 Å². The number of amides is 2. The van der Waals surface area contributed by atoms with Gasteiger partial charge in [-0.05, 0) is 47.5 Å². The predicted octanol–water partition coefficient (Wildman–Crippen LogP) is 2.60. The summed E-state index contributed by atoms with van der Waals surface area (Å²) in [4.78, 5) is 26.8. The highest BCUT2D eigenvalue weighted by Gasteiger charge is 2.35. The third-order valence-electron chi connectivity index (χ3n) is 5.71. The van der Waals surface area contributed by atoms with Crippen molar-refractivity contribution in [3.05, 3.63) is 53.6 Å². The highest BCUT2D eigenvalue weighted by molar-refractivity contribution is 6.03. The minimum atomic E-state index is -0.333. The molecule has 2 amide bonds. The Balaban J connectivity index is 1.62. The molecule has 0 radical (unpaired) electrons. The smallest absolute Gasteiger partial charge is 0.262 e. The molecule has 0 unspecified atom stereocenters. The number of ether oxygens (including phenoxy) is 4. The summed E-state index contributed by atoms with van der Waals surface area (Å²) in [7, 11) is 3.17. The summed E-state index contributed by atoms with van der Waals surface area (Å²) in [5, 5.41) is 6.15. The van der Waals surface area contributed by atoms with E-state index in [9.17, 15) is 9.59 Å². The van der Waals surface area contributed by atoms with Gasteiger partial charge in [0.05, 0.1) is 25.5 Å². The van der Waals surface area contributed by atoms with E-state index in [4.69, 9.17) is 18.9 Å². The summed E-state index contributed by atoms with van der Waals surface area (Å²) < 4.78 is 21.3. The highest BCUT2D eigenvalue weighted by atomic mass is 16.7. The molecule has 9 nitrogen and oxygen atoms in total. The van der Waals surface area contributed by atoms with Gasteiger partial charge in [-0.1, -0.05) is 6.07 Å². The maximum Gasteiger partial charge on any atom is 0.262 e. The zero-order chi connectivity index (χ0) is 23.4. The molecule has 0 N–H and O–H groups in total. The van der Waals surface area contributed by atoms with Crippen LogP contribution in [-0.4, -0.2) is 68.1 Å². The Hall–Kier alpha value is -3.59. The predicted molar refractivity (Wildman–Crippen MR) is 120 cm³/mol. The number of benzene rings is 2. The third kappa shape index (κ3) is 4.93. The van der Waals surface area contributed by atoms with E-state index in [1.807, 2.05) is 42.5 Å². The van der Waals surface area contributed by atoms with E-state index >= 15 is 0 Å². The summed E-state index contributed by atoms with van der Waals surface area (Å²) >= 11 is 0. The summed E-state index contributed by atoms with van der Waals surface area (Å²) in [6.07, 6.45) is 0.524. The fourth-order valence-electron chi connectivity index (χ4n) is 3.86. The number of fused-ring (bicyclic) bond motifs is 1. The van der Waals surface area contributed by atoms with Gasteiger partial charge in [0.1, 0.15) is 12.3 Å². The maximum atomic E-state index is 13.3. The van der Waals surface area contributed by atoms with Gasteiger partial charge in [0, 0.05) is 27.0 Å². The molecule has 1 atom stereocenters. The molecule has 0 saturated heterocycles. The van der Waals surface area contributed by atoms with E-state index in [0.29, 0.717) is 31.1 Å². The average molecular weight is 453 g/mol. The first-order valence-corrected chi connectivity index (χ1v) is 10.7. The normalized spacial score (nSPS) is 16.5. The Morgan fingerprint density at radius 3 is 2.58 bits per heavy atom. The van der Waals surface area contributed by atoms with E-state index in [1.165, 1.54) is 16.8 Å². The van der Waals surface area contributed by atoms with Crippen LogP contribution in [0.3, 0.4) is 0 Å². The lowest BCUT2D eigenvalue weighted by Gasteiger charge is -2.26. The number of methoxy groups -OCH3 is 2. The lowest BCUT2D eigenvalue weighted by Crippen LogP contribution is -2.41. The Morgan fingerprint density at radius 2 is 1.88 bits per heavy atom. The second kappa shape index (κ2) is 9.91. The largest absolute Gasteiger partial charge is 0.497 e. The topological polar surface area (TPSA) is 89.9 Å². The molecule has 2 aromatic rings. The Kier molecular flexibility index (Phi) is 6.79. The molecule has 174 valence electrons. The highest BCUT2D eigenvalue weighted by Crippen LogP contribution is 2.39. The van der Waals surface area contributed by atoms with E-state index in [1.54, 1.807) is 14.2 Å². The first-order valence-electron chi connectivity index (χ1n) is 10.7. The van der Waals surface area contributed by atoms with Crippen LogP contribution in [0.2, 0.25) is 0 Å². The van der Waals surface area contributed by atoms with Crippen LogP contribution in [0.5, 0.6) is 17.2 Å². The summed E-state index contributed by atoms with van der Waals surface area (Å²) in [6.45, 7) is 2.20. The molecule has 0 aliphatic carbocycles. The number of hydrogen-bond acceptors (Lipinski definition) is 7. The molecule has 0 aromatic heterocycles. The fraction of sp³-hybridized carbons (Fsp3) is 0.375.